The highest BCUT2D eigenvalue weighted by molar-refractivity contribution is 9.09. The van der Waals surface area contributed by atoms with E-state index in [-0.39, 0.29) is 4.83 Å². The van der Waals surface area contributed by atoms with Gasteiger partial charge in [0.1, 0.15) is 0 Å². The van der Waals surface area contributed by atoms with Gasteiger partial charge < -0.3 is 0 Å². The molecule has 0 saturated heterocycles. The summed E-state index contributed by atoms with van der Waals surface area (Å²) in [7, 11) is -0.272. The zero-order valence-electron chi connectivity index (χ0n) is 8.41. The van der Waals surface area contributed by atoms with E-state index in [2.05, 4.69) is 20.7 Å². The first kappa shape index (κ1) is 13.4. The van der Waals surface area contributed by atoms with Gasteiger partial charge in [0.25, 0.3) is 10.2 Å². The molecule has 6 heteroatoms. The van der Waals surface area contributed by atoms with Crippen molar-refractivity contribution in [2.75, 3.05) is 20.6 Å². The Hall–Kier alpha value is 0.350. The molecule has 0 aromatic carbocycles. The number of alkyl halides is 1. The molecule has 0 spiro atoms. The van der Waals surface area contributed by atoms with Crippen LogP contribution in [0.4, 0.5) is 0 Å². The van der Waals surface area contributed by atoms with Crippen LogP contribution in [0.25, 0.3) is 0 Å². The SMILES string of the molecule is CC(C)C(Br)CNS(=O)(=O)N(C)C. The van der Waals surface area contributed by atoms with Gasteiger partial charge in [-0.15, -0.1) is 0 Å². The Morgan fingerprint density at radius 1 is 1.38 bits per heavy atom. The van der Waals surface area contributed by atoms with E-state index in [1.54, 1.807) is 0 Å². The molecule has 0 radical (unpaired) electrons. The third-order valence-electron chi connectivity index (χ3n) is 1.66. The van der Waals surface area contributed by atoms with E-state index in [4.69, 9.17) is 0 Å². The average Bonchev–Trinajstić information content (AvgIpc) is 1.99. The van der Waals surface area contributed by atoms with Crippen LogP contribution in [0.15, 0.2) is 0 Å². The molecule has 13 heavy (non-hydrogen) atoms. The summed E-state index contributed by atoms with van der Waals surface area (Å²) >= 11 is 3.40. The Balaban J connectivity index is 4.04. The maximum absolute atomic E-state index is 11.3. The lowest BCUT2D eigenvalue weighted by Crippen LogP contribution is -2.39. The number of hydrogen-bond acceptors (Lipinski definition) is 2. The van der Waals surface area contributed by atoms with Crippen molar-refractivity contribution in [1.29, 1.82) is 0 Å². The smallest absolute Gasteiger partial charge is 0.201 e. The molecular formula is C7H17BrN2O2S. The number of hydrogen-bond donors (Lipinski definition) is 1. The molecule has 4 nitrogen and oxygen atoms in total. The van der Waals surface area contributed by atoms with Crippen LogP contribution in [0, 0.1) is 5.92 Å². The summed E-state index contributed by atoms with van der Waals surface area (Å²) in [5.41, 5.74) is 0. The largest absolute Gasteiger partial charge is 0.278 e. The zero-order chi connectivity index (χ0) is 10.6. The molecule has 0 saturated carbocycles. The summed E-state index contributed by atoms with van der Waals surface area (Å²) in [5, 5.41) is 0. The monoisotopic (exact) mass is 272 g/mol. The molecule has 0 rings (SSSR count). The van der Waals surface area contributed by atoms with E-state index < -0.39 is 10.2 Å². The third-order valence-corrected chi connectivity index (χ3v) is 4.54. The minimum atomic E-state index is -3.27. The second kappa shape index (κ2) is 5.29. The Bertz CT molecular complexity index is 239. The van der Waals surface area contributed by atoms with Crippen LogP contribution in [-0.2, 0) is 10.2 Å². The van der Waals surface area contributed by atoms with Crippen LogP contribution in [0.5, 0.6) is 0 Å². The van der Waals surface area contributed by atoms with Crippen LogP contribution in [-0.4, -0.2) is 38.2 Å². The van der Waals surface area contributed by atoms with Gasteiger partial charge in [0.15, 0.2) is 0 Å². The van der Waals surface area contributed by atoms with Crippen LogP contribution in [0.2, 0.25) is 0 Å². The fourth-order valence-corrected chi connectivity index (χ4v) is 1.57. The fraction of sp³-hybridized carbons (Fsp3) is 1.00. The number of nitrogens with one attached hydrogen (secondary N) is 1. The highest BCUT2D eigenvalue weighted by atomic mass is 79.9. The van der Waals surface area contributed by atoms with Crippen molar-refractivity contribution in [3.8, 4) is 0 Å². The van der Waals surface area contributed by atoms with Crippen LogP contribution in [0.3, 0.4) is 0 Å². The van der Waals surface area contributed by atoms with Gasteiger partial charge >= 0.3 is 0 Å². The fourth-order valence-electron chi connectivity index (χ4n) is 0.550. The minimum Gasteiger partial charge on any atom is -0.201 e. The average molecular weight is 273 g/mol. The van der Waals surface area contributed by atoms with Crippen LogP contribution < -0.4 is 4.72 Å². The Morgan fingerprint density at radius 2 is 1.85 bits per heavy atom. The standard InChI is InChI=1S/C7H17BrN2O2S/c1-6(2)7(8)5-9-13(11,12)10(3)4/h6-7,9H,5H2,1-4H3. The summed E-state index contributed by atoms with van der Waals surface area (Å²) in [5.74, 6) is 0.407. The number of rotatable bonds is 5. The Kier molecular flexibility index (Phi) is 5.43. The first-order valence-corrected chi connectivity index (χ1v) is 6.44. The van der Waals surface area contributed by atoms with Crippen molar-refractivity contribution in [3.63, 3.8) is 0 Å². The Morgan fingerprint density at radius 3 is 2.15 bits per heavy atom. The van der Waals surface area contributed by atoms with Gasteiger partial charge in [-0.25, -0.2) is 4.72 Å². The van der Waals surface area contributed by atoms with Crippen molar-refractivity contribution in [3.05, 3.63) is 0 Å². The maximum atomic E-state index is 11.3. The molecule has 0 amide bonds. The van der Waals surface area contributed by atoms with E-state index in [1.165, 1.54) is 14.1 Å². The normalized spacial score (nSPS) is 15.3. The van der Waals surface area contributed by atoms with E-state index in [9.17, 15) is 8.42 Å². The molecule has 0 aliphatic heterocycles. The molecule has 0 heterocycles. The molecule has 0 aliphatic rings. The summed E-state index contributed by atoms with van der Waals surface area (Å²) in [4.78, 5) is 0.169. The highest BCUT2D eigenvalue weighted by Gasteiger charge is 2.16. The molecule has 0 fully saturated rings. The lowest BCUT2D eigenvalue weighted by atomic mass is 10.1. The molecule has 80 valence electrons. The van der Waals surface area contributed by atoms with Crippen molar-refractivity contribution in [2.45, 2.75) is 18.7 Å². The van der Waals surface area contributed by atoms with Crippen molar-refractivity contribution >= 4 is 26.1 Å². The summed E-state index contributed by atoms with van der Waals surface area (Å²) in [6, 6.07) is 0. The van der Waals surface area contributed by atoms with Gasteiger partial charge in [-0.3, -0.25) is 0 Å². The predicted molar refractivity (Wildman–Crippen MR) is 58.2 cm³/mol. The lowest BCUT2D eigenvalue weighted by Gasteiger charge is -2.17. The van der Waals surface area contributed by atoms with Crippen molar-refractivity contribution in [1.82, 2.24) is 9.03 Å². The lowest BCUT2D eigenvalue weighted by molar-refractivity contribution is 0.499. The Labute approximate surface area is 89.0 Å². The molecule has 0 aliphatic carbocycles. The summed E-state index contributed by atoms with van der Waals surface area (Å²) in [6.07, 6.45) is 0. The zero-order valence-corrected chi connectivity index (χ0v) is 10.8. The molecule has 1 atom stereocenters. The van der Waals surface area contributed by atoms with E-state index >= 15 is 0 Å². The molecule has 1 unspecified atom stereocenters. The quantitative estimate of drug-likeness (QED) is 0.753. The van der Waals surface area contributed by atoms with Gasteiger partial charge in [-0.05, 0) is 5.92 Å². The number of nitrogens with zero attached hydrogens (tertiary/aromatic N) is 1. The summed E-state index contributed by atoms with van der Waals surface area (Å²) in [6.45, 7) is 4.48. The number of halogens is 1. The van der Waals surface area contributed by atoms with Crippen LogP contribution in [0.1, 0.15) is 13.8 Å². The second-order valence-corrected chi connectivity index (χ2v) is 6.54. The van der Waals surface area contributed by atoms with Crippen molar-refractivity contribution in [2.24, 2.45) is 5.92 Å². The topological polar surface area (TPSA) is 49.4 Å². The first-order valence-electron chi connectivity index (χ1n) is 4.08. The van der Waals surface area contributed by atoms with Crippen molar-refractivity contribution < 1.29 is 8.42 Å². The molecule has 0 aromatic heterocycles. The molecule has 0 bridgehead atoms. The van der Waals surface area contributed by atoms with E-state index in [0.717, 1.165) is 4.31 Å². The minimum absolute atomic E-state index is 0.169. The molecule has 0 aromatic rings. The van der Waals surface area contributed by atoms with E-state index in [0.29, 0.717) is 12.5 Å². The van der Waals surface area contributed by atoms with Crippen LogP contribution >= 0.6 is 15.9 Å². The van der Waals surface area contributed by atoms with Gasteiger partial charge in [0, 0.05) is 25.5 Å². The van der Waals surface area contributed by atoms with Gasteiger partial charge in [0.2, 0.25) is 0 Å². The third kappa shape index (κ3) is 4.95. The molecular weight excluding hydrogens is 256 g/mol. The van der Waals surface area contributed by atoms with E-state index in [1.807, 2.05) is 13.8 Å². The highest BCUT2D eigenvalue weighted by Crippen LogP contribution is 2.10. The van der Waals surface area contributed by atoms with Gasteiger partial charge in [-0.2, -0.15) is 12.7 Å². The second-order valence-electron chi connectivity index (χ2n) is 3.40. The van der Waals surface area contributed by atoms with Gasteiger partial charge in [0.05, 0.1) is 0 Å². The molecule has 1 N–H and O–H groups in total. The predicted octanol–water partition coefficient (Wildman–Crippen LogP) is 0.802. The van der Waals surface area contributed by atoms with Gasteiger partial charge in [-0.1, -0.05) is 29.8 Å². The maximum Gasteiger partial charge on any atom is 0.278 e. The first-order chi connectivity index (χ1) is 5.77. The summed E-state index contributed by atoms with van der Waals surface area (Å²) < 4.78 is 26.2.